The summed E-state index contributed by atoms with van der Waals surface area (Å²) in [5, 5.41) is 10.8. The van der Waals surface area contributed by atoms with E-state index in [9.17, 15) is 9.50 Å². The fraction of sp³-hybridized carbons (Fsp3) is 0.222. The minimum absolute atomic E-state index is 0.215. The lowest BCUT2D eigenvalue weighted by Crippen LogP contribution is -2.15. The van der Waals surface area contributed by atoms with Gasteiger partial charge in [0.05, 0.1) is 11.1 Å². The van der Waals surface area contributed by atoms with Gasteiger partial charge in [-0.2, -0.15) is 0 Å². The molecule has 0 aliphatic rings. The standard InChI is InChI=1S/C18H18FNO/c1-12-7-8-16(19)15-9-10-20(17(12)15)14-6-4-5-13(11-14)18(2,3)21/h4-11,21H,1-3H3. The Bertz CT molecular complexity index is 812. The van der Waals surface area contributed by atoms with E-state index in [1.165, 1.54) is 6.07 Å². The number of halogens is 1. The van der Waals surface area contributed by atoms with Gasteiger partial charge in [-0.05, 0) is 56.2 Å². The number of aliphatic hydroxyl groups is 1. The van der Waals surface area contributed by atoms with Crippen molar-refractivity contribution in [3.8, 4) is 5.69 Å². The maximum atomic E-state index is 13.9. The Balaban J connectivity index is 2.24. The molecule has 0 saturated carbocycles. The van der Waals surface area contributed by atoms with Crippen molar-refractivity contribution < 1.29 is 9.50 Å². The quantitative estimate of drug-likeness (QED) is 0.745. The lowest BCUT2D eigenvalue weighted by atomic mass is 9.98. The summed E-state index contributed by atoms with van der Waals surface area (Å²) in [5.41, 5.74) is 2.72. The first-order chi connectivity index (χ1) is 9.88. The number of hydrogen-bond donors (Lipinski definition) is 1. The first-order valence-corrected chi connectivity index (χ1v) is 6.97. The van der Waals surface area contributed by atoms with Crippen molar-refractivity contribution in [3.05, 3.63) is 65.6 Å². The smallest absolute Gasteiger partial charge is 0.132 e. The van der Waals surface area contributed by atoms with E-state index in [1.54, 1.807) is 26.0 Å². The number of hydrogen-bond acceptors (Lipinski definition) is 1. The van der Waals surface area contributed by atoms with Crippen LogP contribution < -0.4 is 0 Å². The molecule has 0 bridgehead atoms. The molecule has 0 saturated heterocycles. The van der Waals surface area contributed by atoms with Crippen LogP contribution in [0.25, 0.3) is 16.6 Å². The summed E-state index contributed by atoms with van der Waals surface area (Å²) in [6, 6.07) is 12.8. The van der Waals surface area contributed by atoms with E-state index in [1.807, 2.05) is 42.0 Å². The second kappa shape index (κ2) is 4.71. The molecule has 0 unspecified atom stereocenters. The zero-order chi connectivity index (χ0) is 15.2. The van der Waals surface area contributed by atoms with Crippen molar-refractivity contribution >= 4 is 10.9 Å². The monoisotopic (exact) mass is 283 g/mol. The highest BCUT2D eigenvalue weighted by atomic mass is 19.1. The summed E-state index contributed by atoms with van der Waals surface area (Å²) < 4.78 is 15.9. The fourth-order valence-corrected chi connectivity index (χ4v) is 2.65. The minimum atomic E-state index is -0.904. The second-order valence-electron chi connectivity index (χ2n) is 5.92. The molecule has 0 atom stereocenters. The molecule has 0 fully saturated rings. The van der Waals surface area contributed by atoms with Gasteiger partial charge in [-0.25, -0.2) is 4.39 Å². The summed E-state index contributed by atoms with van der Waals surface area (Å²) in [7, 11) is 0. The summed E-state index contributed by atoms with van der Waals surface area (Å²) in [6.45, 7) is 5.48. The van der Waals surface area contributed by atoms with E-state index in [0.29, 0.717) is 5.39 Å². The third-order valence-electron chi connectivity index (χ3n) is 3.83. The molecule has 3 rings (SSSR count). The minimum Gasteiger partial charge on any atom is -0.386 e. The van der Waals surface area contributed by atoms with Gasteiger partial charge in [-0.15, -0.1) is 0 Å². The van der Waals surface area contributed by atoms with Crippen LogP contribution in [-0.4, -0.2) is 9.67 Å². The number of aryl methyl sites for hydroxylation is 1. The van der Waals surface area contributed by atoms with Gasteiger partial charge < -0.3 is 9.67 Å². The Morgan fingerprint density at radius 3 is 2.57 bits per heavy atom. The van der Waals surface area contributed by atoms with Gasteiger partial charge in [0.15, 0.2) is 0 Å². The topological polar surface area (TPSA) is 25.2 Å². The van der Waals surface area contributed by atoms with Gasteiger partial charge in [0.25, 0.3) is 0 Å². The van der Waals surface area contributed by atoms with E-state index in [0.717, 1.165) is 22.3 Å². The average molecular weight is 283 g/mol. The number of fused-ring (bicyclic) bond motifs is 1. The van der Waals surface area contributed by atoms with Crippen molar-refractivity contribution in [3.63, 3.8) is 0 Å². The predicted octanol–water partition coefficient (Wildman–Crippen LogP) is 4.31. The van der Waals surface area contributed by atoms with Gasteiger partial charge in [0.2, 0.25) is 0 Å². The molecule has 1 aromatic heterocycles. The van der Waals surface area contributed by atoms with Crippen LogP contribution in [-0.2, 0) is 5.60 Å². The number of rotatable bonds is 2. The van der Waals surface area contributed by atoms with Gasteiger partial charge in [0.1, 0.15) is 5.82 Å². The Kier molecular flexibility index (Phi) is 3.10. The third kappa shape index (κ3) is 2.34. The predicted molar refractivity (Wildman–Crippen MR) is 83.2 cm³/mol. The van der Waals surface area contributed by atoms with Crippen molar-refractivity contribution in [2.75, 3.05) is 0 Å². The lowest BCUT2D eigenvalue weighted by molar-refractivity contribution is 0.0786. The highest BCUT2D eigenvalue weighted by Crippen LogP contribution is 2.28. The summed E-state index contributed by atoms with van der Waals surface area (Å²) in [6.07, 6.45) is 1.87. The molecule has 0 aliphatic carbocycles. The van der Waals surface area contributed by atoms with Crippen LogP contribution in [0.2, 0.25) is 0 Å². The highest BCUT2D eigenvalue weighted by Gasteiger charge is 2.17. The molecule has 1 N–H and O–H groups in total. The SMILES string of the molecule is Cc1ccc(F)c2ccn(-c3cccc(C(C)(C)O)c3)c12. The maximum absolute atomic E-state index is 13.9. The molecule has 0 aliphatic heterocycles. The molecule has 21 heavy (non-hydrogen) atoms. The van der Waals surface area contributed by atoms with Crippen molar-refractivity contribution in [2.24, 2.45) is 0 Å². The van der Waals surface area contributed by atoms with Crippen molar-refractivity contribution in [1.82, 2.24) is 4.57 Å². The number of nitrogens with zero attached hydrogens (tertiary/aromatic N) is 1. The highest BCUT2D eigenvalue weighted by molar-refractivity contribution is 5.85. The normalized spacial score (nSPS) is 12.0. The van der Waals surface area contributed by atoms with Crippen LogP contribution in [0.3, 0.4) is 0 Å². The van der Waals surface area contributed by atoms with E-state index in [4.69, 9.17) is 0 Å². The van der Waals surface area contributed by atoms with Gasteiger partial charge in [-0.3, -0.25) is 0 Å². The largest absolute Gasteiger partial charge is 0.386 e. The van der Waals surface area contributed by atoms with Crippen LogP contribution >= 0.6 is 0 Å². The number of aromatic nitrogens is 1. The molecule has 0 spiro atoms. The lowest BCUT2D eigenvalue weighted by Gasteiger charge is -2.19. The molecule has 0 amide bonds. The summed E-state index contributed by atoms with van der Waals surface area (Å²) >= 11 is 0. The van der Waals surface area contributed by atoms with Gasteiger partial charge >= 0.3 is 0 Å². The molecule has 108 valence electrons. The summed E-state index contributed by atoms with van der Waals surface area (Å²) in [5.74, 6) is -0.215. The van der Waals surface area contributed by atoms with Crippen LogP contribution in [0.1, 0.15) is 25.0 Å². The Hall–Kier alpha value is -2.13. The molecular formula is C18H18FNO. The van der Waals surface area contributed by atoms with E-state index in [-0.39, 0.29) is 5.82 Å². The van der Waals surface area contributed by atoms with Crippen LogP contribution in [0.4, 0.5) is 4.39 Å². The Morgan fingerprint density at radius 2 is 1.86 bits per heavy atom. The zero-order valence-electron chi connectivity index (χ0n) is 12.4. The van der Waals surface area contributed by atoms with Crippen molar-refractivity contribution in [2.45, 2.75) is 26.4 Å². The Labute approximate surface area is 123 Å². The molecule has 3 aromatic rings. The Morgan fingerprint density at radius 1 is 1.10 bits per heavy atom. The molecule has 2 nitrogen and oxygen atoms in total. The van der Waals surface area contributed by atoms with E-state index in [2.05, 4.69) is 0 Å². The van der Waals surface area contributed by atoms with Crippen LogP contribution in [0.15, 0.2) is 48.7 Å². The second-order valence-corrected chi connectivity index (χ2v) is 5.92. The van der Waals surface area contributed by atoms with Crippen LogP contribution in [0.5, 0.6) is 0 Å². The fourth-order valence-electron chi connectivity index (χ4n) is 2.65. The van der Waals surface area contributed by atoms with Crippen LogP contribution in [0, 0.1) is 12.7 Å². The molecular weight excluding hydrogens is 265 g/mol. The molecule has 1 heterocycles. The molecule has 2 aromatic carbocycles. The van der Waals surface area contributed by atoms with E-state index >= 15 is 0 Å². The van der Waals surface area contributed by atoms with Crippen molar-refractivity contribution in [1.29, 1.82) is 0 Å². The zero-order valence-corrected chi connectivity index (χ0v) is 12.4. The van der Waals surface area contributed by atoms with E-state index < -0.39 is 5.60 Å². The third-order valence-corrected chi connectivity index (χ3v) is 3.83. The first-order valence-electron chi connectivity index (χ1n) is 6.97. The average Bonchev–Trinajstić information content (AvgIpc) is 2.88. The van der Waals surface area contributed by atoms with Gasteiger partial charge in [-0.1, -0.05) is 18.2 Å². The summed E-state index contributed by atoms with van der Waals surface area (Å²) in [4.78, 5) is 0. The van der Waals surface area contributed by atoms with Gasteiger partial charge in [0, 0.05) is 17.3 Å². The molecule has 3 heteroatoms. The molecule has 0 radical (unpaired) electrons. The number of benzene rings is 2. The maximum Gasteiger partial charge on any atom is 0.132 e. The first kappa shape index (κ1) is 13.8.